The second-order valence-corrected chi connectivity index (χ2v) is 30.9. The summed E-state index contributed by atoms with van der Waals surface area (Å²) in [6.45, 7) is 25.3. The van der Waals surface area contributed by atoms with Crippen LogP contribution in [0.25, 0.3) is 90.9 Å². The van der Waals surface area contributed by atoms with E-state index in [4.69, 9.17) is 9.97 Å². The van der Waals surface area contributed by atoms with Crippen molar-refractivity contribution in [3.63, 3.8) is 0 Å². The lowest BCUT2D eigenvalue weighted by atomic mass is 10.0. The third kappa shape index (κ3) is 9.20. The maximum absolute atomic E-state index is 5.54. The minimum Gasteiger partial charge on any atom is -0.354 e. The zero-order valence-corrected chi connectivity index (χ0v) is 43.5. The average molecular weight is 919 g/mol. The van der Waals surface area contributed by atoms with Crippen molar-refractivity contribution < 1.29 is 0 Å². The van der Waals surface area contributed by atoms with E-state index in [0.29, 0.717) is 16.6 Å². The van der Waals surface area contributed by atoms with Gasteiger partial charge in [-0.25, -0.2) is 9.97 Å². The van der Waals surface area contributed by atoms with Crippen LogP contribution in [0.15, 0.2) is 121 Å². The van der Waals surface area contributed by atoms with E-state index in [1.165, 1.54) is 11.1 Å². The zero-order valence-electron chi connectivity index (χ0n) is 41.5. The molecule has 0 radical (unpaired) electrons. The number of aromatic amines is 2. The number of aryl methyl sites for hydroxylation is 2. The molecule has 3 aromatic heterocycles. The van der Waals surface area contributed by atoms with Crippen LogP contribution in [0, 0.1) is 36.8 Å². The Kier molecular flexibility index (Phi) is 12.6. The van der Waals surface area contributed by atoms with Gasteiger partial charge in [0.15, 0.2) is 0 Å². The van der Waals surface area contributed by atoms with E-state index in [1.54, 1.807) is 0 Å². The first kappa shape index (κ1) is 46.2. The van der Waals surface area contributed by atoms with Crippen LogP contribution in [-0.2, 0) is 0 Å². The fourth-order valence-electron chi connectivity index (χ4n) is 10.2. The van der Waals surface area contributed by atoms with E-state index in [1.807, 2.05) is 0 Å². The van der Waals surface area contributed by atoms with Gasteiger partial charge < -0.3 is 9.97 Å². The SMILES string of the molecule is Cc1ccc(-c2c3nc(c(-c4ccc(C#C[Si](C)(C)C)cc4)c4ccc([nH]4)c(-c4ccc(C#C[Si](C(C)C)(C(C)C)C(C)C)cc4)c4nc(c(-c5ccc(C)cc5)c5ccc2[nH]5)C=C4)C=C3)cc1. The zero-order chi connectivity index (χ0) is 47.9. The number of nitrogens with zero attached hydrogens (tertiary/aromatic N) is 2. The average Bonchev–Trinajstić information content (AvgIpc) is 4.16. The highest BCUT2D eigenvalue weighted by Gasteiger charge is 2.41. The third-order valence-corrected chi connectivity index (χ3v) is 20.8. The molecule has 6 heteroatoms. The molecule has 0 unspecified atom stereocenters. The van der Waals surface area contributed by atoms with Crippen LogP contribution in [0.2, 0.25) is 36.3 Å². The lowest BCUT2D eigenvalue weighted by Crippen LogP contribution is -2.43. The summed E-state index contributed by atoms with van der Waals surface area (Å²) in [6, 6.07) is 43.7. The third-order valence-electron chi connectivity index (χ3n) is 13.7. The van der Waals surface area contributed by atoms with E-state index in [2.05, 4.69) is 254 Å². The maximum Gasteiger partial charge on any atom is 0.146 e. The van der Waals surface area contributed by atoms with Crippen LogP contribution in [0.5, 0.6) is 0 Å². The van der Waals surface area contributed by atoms with Crippen LogP contribution >= 0.6 is 0 Å². The van der Waals surface area contributed by atoms with Crippen molar-refractivity contribution >= 4 is 62.5 Å². The van der Waals surface area contributed by atoms with Crippen molar-refractivity contribution in [2.24, 2.45) is 0 Å². The molecule has 2 N–H and O–H groups in total. The molecule has 0 amide bonds. The van der Waals surface area contributed by atoms with Gasteiger partial charge in [-0.3, -0.25) is 0 Å². The van der Waals surface area contributed by atoms with Gasteiger partial charge in [0.1, 0.15) is 16.1 Å². The molecule has 338 valence electrons. The van der Waals surface area contributed by atoms with Gasteiger partial charge in [0.05, 0.1) is 22.8 Å². The molecule has 2 aliphatic rings. The minimum absolute atomic E-state index is 0.564. The number of rotatable bonds is 7. The van der Waals surface area contributed by atoms with Crippen molar-refractivity contribution in [1.82, 2.24) is 19.9 Å². The molecule has 2 aliphatic heterocycles. The molecule has 8 bridgehead atoms. The van der Waals surface area contributed by atoms with Crippen LogP contribution in [-0.4, -0.2) is 36.1 Å². The van der Waals surface area contributed by atoms with Crippen LogP contribution in [0.4, 0.5) is 0 Å². The highest BCUT2D eigenvalue weighted by Crippen LogP contribution is 2.42. The van der Waals surface area contributed by atoms with Gasteiger partial charge in [0, 0.05) is 55.4 Å². The quantitative estimate of drug-likeness (QED) is 0.124. The molecule has 0 saturated heterocycles. The molecule has 0 atom stereocenters. The summed E-state index contributed by atoms with van der Waals surface area (Å²) in [6.07, 6.45) is 8.66. The van der Waals surface area contributed by atoms with Crippen molar-refractivity contribution in [3.8, 4) is 67.4 Å². The van der Waals surface area contributed by atoms with Crippen LogP contribution in [0.1, 0.15) is 86.6 Å². The Hall–Kier alpha value is -6.97. The first-order valence-electron chi connectivity index (χ1n) is 24.2. The Balaban J connectivity index is 1.35. The summed E-state index contributed by atoms with van der Waals surface area (Å²) in [5, 5.41) is 0. The van der Waals surface area contributed by atoms with E-state index < -0.39 is 16.1 Å². The Morgan fingerprint density at radius 1 is 0.382 bits per heavy atom. The summed E-state index contributed by atoms with van der Waals surface area (Å²) < 4.78 is 0. The van der Waals surface area contributed by atoms with Gasteiger partial charge in [0.2, 0.25) is 0 Å². The molecule has 0 saturated carbocycles. The summed E-state index contributed by atoms with van der Waals surface area (Å²) in [4.78, 5) is 18.9. The predicted octanol–water partition coefficient (Wildman–Crippen LogP) is 16.7. The predicted molar refractivity (Wildman–Crippen MR) is 298 cm³/mol. The normalized spacial score (nSPS) is 12.4. The molecule has 7 aromatic rings. The highest BCUT2D eigenvalue weighted by molar-refractivity contribution is 6.90. The van der Waals surface area contributed by atoms with Gasteiger partial charge in [-0.2, -0.15) is 0 Å². The molecule has 9 rings (SSSR count). The number of nitrogens with one attached hydrogen (secondary N) is 2. The smallest absolute Gasteiger partial charge is 0.146 e. The fourth-order valence-corrected chi connectivity index (χ4v) is 15.9. The maximum atomic E-state index is 5.54. The second-order valence-electron chi connectivity index (χ2n) is 20.5. The van der Waals surface area contributed by atoms with Crippen molar-refractivity contribution in [1.29, 1.82) is 0 Å². The number of H-pyrrole nitrogens is 2. The number of hydrogen-bond donors (Lipinski definition) is 2. The molecule has 0 fully saturated rings. The number of aromatic nitrogens is 4. The van der Waals surface area contributed by atoms with E-state index in [0.717, 1.165) is 100 Å². The van der Waals surface area contributed by atoms with Gasteiger partial charge in [-0.15, -0.1) is 11.1 Å². The number of hydrogen-bond acceptors (Lipinski definition) is 2. The Morgan fingerprint density at radius 2 is 0.662 bits per heavy atom. The van der Waals surface area contributed by atoms with Gasteiger partial charge in [-0.1, -0.05) is 157 Å². The highest BCUT2D eigenvalue weighted by atomic mass is 28.3. The van der Waals surface area contributed by atoms with Crippen molar-refractivity contribution in [3.05, 3.63) is 166 Å². The van der Waals surface area contributed by atoms with E-state index >= 15 is 0 Å². The number of fused-ring (bicyclic) bond motifs is 8. The largest absolute Gasteiger partial charge is 0.354 e. The lowest BCUT2D eigenvalue weighted by Gasteiger charge is -2.38. The van der Waals surface area contributed by atoms with Crippen LogP contribution < -0.4 is 0 Å². The molecule has 5 heterocycles. The van der Waals surface area contributed by atoms with E-state index in [9.17, 15) is 0 Å². The lowest BCUT2D eigenvalue weighted by molar-refractivity contribution is 0.838. The Labute approximate surface area is 405 Å². The molecule has 0 spiro atoms. The first-order valence-corrected chi connectivity index (χ1v) is 29.9. The van der Waals surface area contributed by atoms with Gasteiger partial charge >= 0.3 is 0 Å². The molecular formula is C62H62N4Si2. The standard InChI is InChI=1S/C62H62N4Si2/c1-40(2)68(41(3)4,42(5)6)39-37-46-18-26-50(27-19-46)62-56-33-31-54(65-56)60(48-22-14-44(8)15-23-48)52-29-28-51(63-52)59(47-20-12-43(7)13-21-47)53-30-32-55(64-53)61(57-34-35-58(62)66-57)49-24-16-45(17-25-49)36-38-67(9,10)11/h12-35,40-42,63,66H,1-11H3. The van der Waals surface area contributed by atoms with Crippen LogP contribution in [0.3, 0.4) is 0 Å². The van der Waals surface area contributed by atoms with E-state index in [-0.39, 0.29) is 0 Å². The van der Waals surface area contributed by atoms with Gasteiger partial charge in [0.25, 0.3) is 0 Å². The molecular weight excluding hydrogens is 857 g/mol. The number of benzene rings is 4. The molecule has 4 nitrogen and oxygen atoms in total. The molecule has 68 heavy (non-hydrogen) atoms. The minimum atomic E-state index is -1.91. The Morgan fingerprint density at radius 3 is 0.941 bits per heavy atom. The summed E-state index contributed by atoms with van der Waals surface area (Å²) in [5.74, 6) is 7.13. The molecule has 0 aliphatic carbocycles. The van der Waals surface area contributed by atoms with Crippen molar-refractivity contribution in [2.75, 3.05) is 0 Å². The van der Waals surface area contributed by atoms with Gasteiger partial charge in [-0.05, 0) is 126 Å². The monoisotopic (exact) mass is 918 g/mol. The first-order chi connectivity index (χ1) is 32.6. The second kappa shape index (κ2) is 18.6. The Bertz CT molecular complexity index is 3380. The fraction of sp³-hybridized carbons (Fsp3) is 0.226. The van der Waals surface area contributed by atoms with Crippen molar-refractivity contribution in [2.45, 2.75) is 91.7 Å². The summed E-state index contributed by atoms with van der Waals surface area (Å²) in [5.41, 5.74) is 29.5. The topological polar surface area (TPSA) is 57.4 Å². The molecule has 4 aromatic carbocycles. The summed E-state index contributed by atoms with van der Waals surface area (Å²) >= 11 is 0. The summed E-state index contributed by atoms with van der Waals surface area (Å²) in [7, 11) is -3.46.